The van der Waals surface area contributed by atoms with Crippen LogP contribution in [0.2, 0.25) is 0 Å². The molecule has 90 valence electrons. The maximum atomic E-state index is 13.1. The van der Waals surface area contributed by atoms with Crippen molar-refractivity contribution in [2.24, 2.45) is 0 Å². The number of amides is 2. The van der Waals surface area contributed by atoms with Crippen LogP contribution in [0.1, 0.15) is 18.5 Å². The first-order chi connectivity index (χ1) is 8.08. The van der Waals surface area contributed by atoms with E-state index in [1.54, 1.807) is 19.1 Å². The predicted molar refractivity (Wildman–Crippen MR) is 59.5 cm³/mol. The summed E-state index contributed by atoms with van der Waals surface area (Å²) in [7, 11) is 0. The summed E-state index contributed by atoms with van der Waals surface area (Å²) in [5.41, 5.74) is 0.688. The molecule has 1 atom stereocenters. The molecule has 2 rings (SSSR count). The average molecular weight is 236 g/mol. The van der Waals surface area contributed by atoms with E-state index in [-0.39, 0.29) is 36.8 Å². The third-order valence-electron chi connectivity index (χ3n) is 2.87. The van der Waals surface area contributed by atoms with Crippen molar-refractivity contribution in [3.63, 3.8) is 0 Å². The van der Waals surface area contributed by atoms with Gasteiger partial charge in [0.15, 0.2) is 0 Å². The van der Waals surface area contributed by atoms with E-state index in [2.05, 4.69) is 5.32 Å². The second kappa shape index (κ2) is 4.53. The van der Waals surface area contributed by atoms with Gasteiger partial charge in [-0.1, -0.05) is 12.1 Å². The molecule has 2 amide bonds. The summed E-state index contributed by atoms with van der Waals surface area (Å²) in [6.45, 7) is 1.82. The predicted octanol–water partition coefficient (Wildman–Crippen LogP) is 0.845. The van der Waals surface area contributed by atoms with E-state index >= 15 is 0 Å². The van der Waals surface area contributed by atoms with Gasteiger partial charge in [0.05, 0.1) is 12.6 Å². The molecule has 1 N–H and O–H groups in total. The van der Waals surface area contributed by atoms with Crippen molar-refractivity contribution in [3.8, 4) is 0 Å². The van der Waals surface area contributed by atoms with Gasteiger partial charge in [-0.2, -0.15) is 0 Å². The first kappa shape index (κ1) is 11.6. The average Bonchev–Trinajstić information content (AvgIpc) is 2.31. The van der Waals surface area contributed by atoms with Crippen molar-refractivity contribution in [1.82, 2.24) is 10.2 Å². The summed E-state index contributed by atoms with van der Waals surface area (Å²) >= 11 is 0. The summed E-state index contributed by atoms with van der Waals surface area (Å²) in [6.07, 6.45) is 0. The Bertz CT molecular complexity index is 462. The molecule has 1 aliphatic rings. The second-order valence-electron chi connectivity index (χ2n) is 4.03. The van der Waals surface area contributed by atoms with Gasteiger partial charge in [-0.3, -0.25) is 9.59 Å². The Morgan fingerprint density at radius 2 is 2.18 bits per heavy atom. The van der Waals surface area contributed by atoms with Crippen LogP contribution in [0.3, 0.4) is 0 Å². The smallest absolute Gasteiger partial charge is 0.242 e. The molecule has 1 saturated heterocycles. The zero-order chi connectivity index (χ0) is 12.4. The summed E-state index contributed by atoms with van der Waals surface area (Å²) < 4.78 is 13.1. The highest BCUT2D eigenvalue weighted by Crippen LogP contribution is 2.21. The molecule has 5 heteroatoms. The van der Waals surface area contributed by atoms with Gasteiger partial charge in [-0.25, -0.2) is 4.39 Å². The quantitative estimate of drug-likeness (QED) is 0.827. The molecule has 0 spiro atoms. The molecule has 4 nitrogen and oxygen atoms in total. The van der Waals surface area contributed by atoms with Gasteiger partial charge in [0.2, 0.25) is 11.8 Å². The summed E-state index contributed by atoms with van der Waals surface area (Å²) in [4.78, 5) is 24.4. The fourth-order valence-electron chi connectivity index (χ4n) is 1.87. The third kappa shape index (κ3) is 2.43. The lowest BCUT2D eigenvalue weighted by Crippen LogP contribution is -2.52. The van der Waals surface area contributed by atoms with E-state index in [1.807, 2.05) is 0 Å². The number of hydrogen-bond donors (Lipinski definition) is 1. The fraction of sp³-hybridized carbons (Fsp3) is 0.333. The Labute approximate surface area is 98.4 Å². The Kier molecular flexibility index (Phi) is 3.08. The van der Waals surface area contributed by atoms with Crippen LogP contribution in [0.4, 0.5) is 4.39 Å². The van der Waals surface area contributed by atoms with Crippen molar-refractivity contribution < 1.29 is 14.0 Å². The monoisotopic (exact) mass is 236 g/mol. The highest BCUT2D eigenvalue weighted by molar-refractivity contribution is 5.92. The maximum absolute atomic E-state index is 13.1. The van der Waals surface area contributed by atoms with Gasteiger partial charge < -0.3 is 10.2 Å². The van der Waals surface area contributed by atoms with Gasteiger partial charge in [-0.05, 0) is 24.6 Å². The molecule has 0 radical (unpaired) electrons. The Balaban J connectivity index is 2.21. The molecule has 17 heavy (non-hydrogen) atoms. The first-order valence-corrected chi connectivity index (χ1v) is 5.39. The van der Waals surface area contributed by atoms with Crippen molar-refractivity contribution in [3.05, 3.63) is 35.6 Å². The van der Waals surface area contributed by atoms with Crippen LogP contribution in [0.15, 0.2) is 24.3 Å². The molecule has 0 aliphatic carbocycles. The summed E-state index contributed by atoms with van der Waals surface area (Å²) in [5.74, 6) is -0.683. The van der Waals surface area contributed by atoms with Crippen molar-refractivity contribution in [2.45, 2.75) is 13.0 Å². The lowest BCUT2D eigenvalue weighted by molar-refractivity contribution is -0.142. The standard InChI is InChI=1S/C12H13FN2O2/c1-8(9-3-2-4-10(13)5-9)15-7-11(16)14-6-12(15)17/h2-5,8H,6-7H2,1H3,(H,14,16). The van der Waals surface area contributed by atoms with Gasteiger partial charge in [-0.15, -0.1) is 0 Å². The minimum atomic E-state index is -0.344. The molecule has 1 aliphatic heterocycles. The fourth-order valence-corrected chi connectivity index (χ4v) is 1.87. The van der Waals surface area contributed by atoms with Gasteiger partial charge >= 0.3 is 0 Å². The molecule has 1 fully saturated rings. The van der Waals surface area contributed by atoms with Crippen LogP contribution in [-0.2, 0) is 9.59 Å². The SMILES string of the molecule is CC(c1cccc(F)c1)N1CC(=O)NCC1=O. The van der Waals surface area contributed by atoms with E-state index in [0.717, 1.165) is 0 Å². The van der Waals surface area contributed by atoms with Crippen molar-refractivity contribution in [1.29, 1.82) is 0 Å². The third-order valence-corrected chi connectivity index (χ3v) is 2.87. The van der Waals surface area contributed by atoms with Crippen LogP contribution in [0.25, 0.3) is 0 Å². The normalized spacial score (nSPS) is 17.9. The lowest BCUT2D eigenvalue weighted by Gasteiger charge is -2.32. The van der Waals surface area contributed by atoms with E-state index in [4.69, 9.17) is 0 Å². The molecule has 1 aromatic carbocycles. The van der Waals surface area contributed by atoms with Crippen LogP contribution >= 0.6 is 0 Å². The van der Waals surface area contributed by atoms with Gasteiger partial charge in [0.25, 0.3) is 0 Å². The number of halogens is 1. The lowest BCUT2D eigenvalue weighted by atomic mass is 10.1. The Hall–Kier alpha value is -1.91. The number of carbonyl (C=O) groups is 2. The van der Waals surface area contributed by atoms with Crippen molar-refractivity contribution >= 4 is 11.8 Å². The molecule has 1 heterocycles. The Morgan fingerprint density at radius 3 is 2.88 bits per heavy atom. The molecular formula is C12H13FN2O2. The van der Waals surface area contributed by atoms with E-state index in [1.165, 1.54) is 17.0 Å². The molecule has 0 saturated carbocycles. The summed E-state index contributed by atoms with van der Waals surface area (Å²) in [6, 6.07) is 5.76. The van der Waals surface area contributed by atoms with Crippen LogP contribution in [0.5, 0.6) is 0 Å². The maximum Gasteiger partial charge on any atom is 0.242 e. The zero-order valence-electron chi connectivity index (χ0n) is 9.44. The number of carbonyl (C=O) groups excluding carboxylic acids is 2. The van der Waals surface area contributed by atoms with E-state index in [0.29, 0.717) is 5.56 Å². The van der Waals surface area contributed by atoms with Gasteiger partial charge in [0.1, 0.15) is 12.4 Å². The van der Waals surface area contributed by atoms with Gasteiger partial charge in [0, 0.05) is 0 Å². The van der Waals surface area contributed by atoms with E-state index in [9.17, 15) is 14.0 Å². The van der Waals surface area contributed by atoms with Crippen LogP contribution < -0.4 is 5.32 Å². The molecule has 0 aromatic heterocycles. The van der Waals surface area contributed by atoms with Crippen molar-refractivity contribution in [2.75, 3.05) is 13.1 Å². The number of nitrogens with one attached hydrogen (secondary N) is 1. The van der Waals surface area contributed by atoms with Crippen LogP contribution in [0, 0.1) is 5.82 Å². The zero-order valence-corrected chi connectivity index (χ0v) is 9.44. The van der Waals surface area contributed by atoms with E-state index < -0.39 is 0 Å². The topological polar surface area (TPSA) is 49.4 Å². The number of nitrogens with zero attached hydrogens (tertiary/aromatic N) is 1. The molecule has 1 aromatic rings. The molecule has 0 bridgehead atoms. The Morgan fingerprint density at radius 1 is 1.41 bits per heavy atom. The van der Waals surface area contributed by atoms with Crippen LogP contribution in [-0.4, -0.2) is 29.8 Å². The largest absolute Gasteiger partial charge is 0.345 e. The number of hydrogen-bond acceptors (Lipinski definition) is 2. The minimum Gasteiger partial charge on any atom is -0.345 e. The number of piperazine rings is 1. The highest BCUT2D eigenvalue weighted by Gasteiger charge is 2.27. The minimum absolute atomic E-state index is 0.0124. The highest BCUT2D eigenvalue weighted by atomic mass is 19.1. The summed E-state index contributed by atoms with van der Waals surface area (Å²) in [5, 5.41) is 2.48. The molecule has 1 unspecified atom stereocenters. The first-order valence-electron chi connectivity index (χ1n) is 5.39. The second-order valence-corrected chi connectivity index (χ2v) is 4.03. The number of rotatable bonds is 2. The molecular weight excluding hydrogens is 223 g/mol. The number of benzene rings is 1.